The molecule has 2 aliphatic rings. The zero-order chi connectivity index (χ0) is 15.5. The van der Waals surface area contributed by atoms with Gasteiger partial charge in [0.25, 0.3) is 0 Å². The molecule has 0 saturated heterocycles. The summed E-state index contributed by atoms with van der Waals surface area (Å²) < 4.78 is 12.0. The first-order valence-corrected chi connectivity index (χ1v) is 7.89. The number of fused-ring (bicyclic) bond motifs is 1. The molecule has 22 heavy (non-hydrogen) atoms. The maximum atomic E-state index is 11.8. The normalized spacial score (nSPS) is 10.8. The summed E-state index contributed by atoms with van der Waals surface area (Å²) in [6.45, 7) is 2.17. The number of benzene rings is 1. The van der Waals surface area contributed by atoms with E-state index in [4.69, 9.17) is 9.15 Å². The van der Waals surface area contributed by atoms with Crippen molar-refractivity contribution in [1.29, 1.82) is 0 Å². The molecular weight excluding hydrogens is 344 g/mol. The Bertz CT molecular complexity index is 758. The van der Waals surface area contributed by atoms with Gasteiger partial charge in [-0.25, -0.2) is 0 Å². The van der Waals surface area contributed by atoms with Crippen LogP contribution in [0.15, 0.2) is 57.4 Å². The van der Waals surface area contributed by atoms with Gasteiger partial charge < -0.3 is 9.15 Å². The van der Waals surface area contributed by atoms with Crippen LogP contribution in [0, 0.1) is 0 Å². The van der Waals surface area contributed by atoms with E-state index >= 15 is 0 Å². The Labute approximate surface area is 137 Å². The zero-order valence-corrected chi connectivity index (χ0v) is 13.7. The molecule has 0 N–H and O–H groups in total. The summed E-state index contributed by atoms with van der Waals surface area (Å²) in [6, 6.07) is 15.8. The number of ether oxygens (including phenoxy) is 1. The summed E-state index contributed by atoms with van der Waals surface area (Å²) in [5.74, 6) is 1.10. The zero-order valence-electron chi connectivity index (χ0n) is 12.1. The lowest BCUT2D eigenvalue weighted by atomic mass is 10.0. The lowest BCUT2D eigenvalue weighted by Gasteiger charge is -2.11. The van der Waals surface area contributed by atoms with Crippen LogP contribution in [0.3, 0.4) is 0 Å². The van der Waals surface area contributed by atoms with Crippen LogP contribution in [0.25, 0.3) is 22.5 Å². The van der Waals surface area contributed by atoms with Crippen molar-refractivity contribution in [2.24, 2.45) is 0 Å². The van der Waals surface area contributed by atoms with E-state index in [0.717, 1.165) is 26.9 Å². The minimum Gasteiger partial charge on any atom is -0.466 e. The van der Waals surface area contributed by atoms with Gasteiger partial charge in [-0.2, -0.15) is 0 Å². The molecule has 1 aromatic carbocycles. The molecule has 0 amide bonds. The van der Waals surface area contributed by atoms with Gasteiger partial charge in [-0.3, -0.25) is 4.79 Å². The van der Waals surface area contributed by atoms with Crippen LogP contribution in [0.5, 0.6) is 0 Å². The third-order valence-corrected chi connectivity index (χ3v) is 3.94. The highest BCUT2D eigenvalue weighted by molar-refractivity contribution is 9.10. The molecule has 0 unspecified atom stereocenters. The van der Waals surface area contributed by atoms with Crippen LogP contribution in [0.1, 0.15) is 12.7 Å². The van der Waals surface area contributed by atoms with E-state index in [1.54, 1.807) is 6.92 Å². The average Bonchev–Trinajstić information content (AvgIpc) is 2.97. The van der Waals surface area contributed by atoms with E-state index in [1.165, 1.54) is 0 Å². The molecule has 0 atom stereocenters. The van der Waals surface area contributed by atoms with Gasteiger partial charge in [0.1, 0.15) is 17.9 Å². The first-order valence-electron chi connectivity index (χ1n) is 7.10. The summed E-state index contributed by atoms with van der Waals surface area (Å²) in [5.41, 5.74) is 2.98. The minimum atomic E-state index is -0.276. The van der Waals surface area contributed by atoms with Crippen LogP contribution >= 0.6 is 15.9 Å². The van der Waals surface area contributed by atoms with Crippen molar-refractivity contribution >= 4 is 21.9 Å². The van der Waals surface area contributed by atoms with Crippen LogP contribution in [0.2, 0.25) is 0 Å². The third-order valence-electron chi connectivity index (χ3n) is 3.41. The second kappa shape index (κ2) is 6.36. The van der Waals surface area contributed by atoms with E-state index in [2.05, 4.69) is 15.9 Å². The van der Waals surface area contributed by atoms with E-state index in [-0.39, 0.29) is 12.4 Å². The van der Waals surface area contributed by atoms with Gasteiger partial charge in [-0.1, -0.05) is 46.3 Å². The number of rotatable bonds is 4. The molecule has 1 heterocycles. The predicted molar refractivity (Wildman–Crippen MR) is 88.8 cm³/mol. The van der Waals surface area contributed by atoms with Crippen molar-refractivity contribution in [2.45, 2.75) is 13.3 Å². The molecule has 4 heteroatoms. The van der Waals surface area contributed by atoms with Crippen LogP contribution in [-0.4, -0.2) is 12.6 Å². The summed E-state index contributed by atoms with van der Waals surface area (Å²) in [5, 5.41) is 0. The molecule has 0 saturated carbocycles. The van der Waals surface area contributed by atoms with E-state index in [9.17, 15) is 4.79 Å². The fourth-order valence-corrected chi connectivity index (χ4v) is 2.67. The van der Waals surface area contributed by atoms with Gasteiger partial charge in [0.05, 0.1) is 6.61 Å². The Morgan fingerprint density at radius 2 is 1.91 bits per heavy atom. The van der Waals surface area contributed by atoms with Crippen molar-refractivity contribution in [2.75, 3.05) is 6.61 Å². The molecule has 1 aliphatic carbocycles. The first-order chi connectivity index (χ1) is 10.7. The van der Waals surface area contributed by atoms with E-state index in [1.807, 2.05) is 48.5 Å². The van der Waals surface area contributed by atoms with Gasteiger partial charge in [-0.05, 0) is 30.7 Å². The van der Waals surface area contributed by atoms with E-state index in [0.29, 0.717) is 12.4 Å². The maximum absolute atomic E-state index is 11.8. The molecule has 3 nitrogen and oxygen atoms in total. The third kappa shape index (κ3) is 3.07. The molecule has 0 bridgehead atoms. The molecule has 3 rings (SSSR count). The SMILES string of the molecule is CCOC(=O)Cc1oc(-c2ccc(Br)cc2)cc2cccc1-2. The molecule has 0 fully saturated rings. The highest BCUT2D eigenvalue weighted by Crippen LogP contribution is 2.34. The Morgan fingerprint density at radius 3 is 2.64 bits per heavy atom. The number of halogens is 1. The molecule has 1 aliphatic heterocycles. The Morgan fingerprint density at radius 1 is 1.14 bits per heavy atom. The van der Waals surface area contributed by atoms with Crippen molar-refractivity contribution in [3.63, 3.8) is 0 Å². The smallest absolute Gasteiger partial charge is 0.313 e. The van der Waals surface area contributed by atoms with Gasteiger partial charge in [-0.15, -0.1) is 0 Å². The van der Waals surface area contributed by atoms with Crippen molar-refractivity contribution in [3.05, 3.63) is 58.8 Å². The predicted octanol–water partition coefficient (Wildman–Crippen LogP) is 4.92. The topological polar surface area (TPSA) is 39.4 Å². The summed E-state index contributed by atoms with van der Waals surface area (Å²) in [7, 11) is 0. The molecule has 1 aromatic rings. The second-order valence-corrected chi connectivity index (χ2v) is 5.83. The highest BCUT2D eigenvalue weighted by atomic mass is 79.9. The molecular formula is C18H15BrO3. The minimum absolute atomic E-state index is 0.138. The van der Waals surface area contributed by atoms with Gasteiger partial charge in [0.15, 0.2) is 0 Å². The fourth-order valence-electron chi connectivity index (χ4n) is 2.40. The fraction of sp³-hybridized carbons (Fsp3) is 0.167. The summed E-state index contributed by atoms with van der Waals surface area (Å²) >= 11 is 3.42. The number of carbonyl (C=O) groups is 1. The number of hydrogen-bond donors (Lipinski definition) is 0. The molecule has 0 radical (unpaired) electrons. The van der Waals surface area contributed by atoms with Crippen LogP contribution in [-0.2, 0) is 16.0 Å². The number of carbonyl (C=O) groups excluding carboxylic acids is 1. The van der Waals surface area contributed by atoms with Gasteiger partial charge in [0.2, 0.25) is 0 Å². The van der Waals surface area contributed by atoms with Crippen molar-refractivity contribution in [1.82, 2.24) is 0 Å². The maximum Gasteiger partial charge on any atom is 0.313 e. The van der Waals surface area contributed by atoms with Crippen LogP contribution < -0.4 is 0 Å². The Hall–Kier alpha value is -2.07. The van der Waals surface area contributed by atoms with E-state index < -0.39 is 0 Å². The Balaban J connectivity index is 2.03. The molecule has 0 aromatic heterocycles. The van der Waals surface area contributed by atoms with Crippen molar-refractivity contribution < 1.29 is 13.9 Å². The summed E-state index contributed by atoms with van der Waals surface area (Å²) in [4.78, 5) is 11.8. The summed E-state index contributed by atoms with van der Waals surface area (Å²) in [6.07, 6.45) is 0.138. The largest absolute Gasteiger partial charge is 0.466 e. The number of hydrogen-bond acceptors (Lipinski definition) is 3. The molecule has 112 valence electrons. The van der Waals surface area contributed by atoms with Crippen molar-refractivity contribution in [3.8, 4) is 22.5 Å². The quantitative estimate of drug-likeness (QED) is 0.621. The lowest BCUT2D eigenvalue weighted by molar-refractivity contribution is -0.142. The van der Waals surface area contributed by atoms with Gasteiger partial charge in [0, 0.05) is 15.6 Å². The first kappa shape index (κ1) is 14.9. The van der Waals surface area contributed by atoms with Crippen LogP contribution in [0.4, 0.5) is 0 Å². The Kier molecular flexibility index (Phi) is 4.29. The second-order valence-electron chi connectivity index (χ2n) is 4.92. The highest BCUT2D eigenvalue weighted by Gasteiger charge is 2.17. The number of esters is 1. The van der Waals surface area contributed by atoms with Gasteiger partial charge >= 0.3 is 5.97 Å². The lowest BCUT2D eigenvalue weighted by Crippen LogP contribution is -2.08. The molecule has 0 spiro atoms. The monoisotopic (exact) mass is 358 g/mol. The standard InChI is InChI=1S/C18H15BrO3/c1-2-21-18(20)11-17-15-5-3-4-13(15)10-16(22-17)12-6-8-14(19)9-7-12/h3-10H,2,11H2,1H3. The average molecular weight is 359 g/mol.